The van der Waals surface area contributed by atoms with Gasteiger partial charge in [-0.25, -0.2) is 0 Å². The molecular weight excluding hydrogens is 408 g/mol. The fourth-order valence-corrected chi connectivity index (χ4v) is 4.19. The summed E-state index contributed by atoms with van der Waals surface area (Å²) in [5.41, 5.74) is 12.9. The van der Waals surface area contributed by atoms with Gasteiger partial charge in [-0.3, -0.25) is 0 Å². The molecule has 0 nitrogen and oxygen atoms in total. The fraction of sp³-hybridized carbons (Fsp3) is 0.765. The van der Waals surface area contributed by atoms with E-state index < -0.39 is 0 Å². The zero-order valence-corrected chi connectivity index (χ0v) is 28.0. The average Bonchev–Trinajstić information content (AvgIpc) is 2.72. The molecule has 0 radical (unpaired) electrons. The van der Waals surface area contributed by atoms with Crippen LogP contribution in [0.5, 0.6) is 0 Å². The molecule has 0 bridgehead atoms. The molecule has 0 unspecified atom stereocenters. The van der Waals surface area contributed by atoms with Gasteiger partial charge in [-0.2, -0.15) is 0 Å². The molecule has 1 rings (SSSR count). The van der Waals surface area contributed by atoms with Gasteiger partial charge >= 0.3 is 0 Å². The lowest BCUT2D eigenvalue weighted by Gasteiger charge is -2.64. The maximum atomic E-state index is 2.44. The molecule has 0 fully saturated rings. The summed E-state index contributed by atoms with van der Waals surface area (Å²) in [6.45, 7) is 49.5. The van der Waals surface area contributed by atoms with Crippen LogP contribution in [-0.4, -0.2) is 0 Å². The molecule has 0 spiro atoms. The predicted molar refractivity (Wildman–Crippen MR) is 163 cm³/mol. The SMILES string of the molecule is CC.CC(C)=C(C)C.CC(C)=C(C)C(C)=C(C)C.CC1=C(C)C(C)(C)C(C)(C)C(C)(C)C1(C)C. The van der Waals surface area contributed by atoms with Gasteiger partial charge in [0, 0.05) is 0 Å². The third kappa shape index (κ3) is 8.27. The van der Waals surface area contributed by atoms with Crippen LogP contribution < -0.4 is 0 Å². The Morgan fingerprint density at radius 1 is 0.382 bits per heavy atom. The first-order valence-electron chi connectivity index (χ1n) is 13.5. The van der Waals surface area contributed by atoms with Crippen molar-refractivity contribution >= 4 is 0 Å². The van der Waals surface area contributed by atoms with Crippen LogP contribution >= 0.6 is 0 Å². The normalized spacial score (nSPS) is 18.5. The molecule has 0 aromatic heterocycles. The largest absolute Gasteiger partial charge is 0.0778 e. The number of allylic oxidation sites excluding steroid dienone is 8. The Balaban J connectivity index is -0.000000457. The molecule has 0 aliphatic heterocycles. The first-order valence-corrected chi connectivity index (χ1v) is 13.5. The molecule has 1 aliphatic carbocycles. The molecule has 0 atom stereocenters. The third-order valence-corrected chi connectivity index (χ3v) is 10.2. The highest BCUT2D eigenvalue weighted by molar-refractivity contribution is 5.34. The van der Waals surface area contributed by atoms with E-state index in [2.05, 4.69) is 138 Å². The summed E-state index contributed by atoms with van der Waals surface area (Å²) in [6, 6.07) is 0. The van der Waals surface area contributed by atoms with Gasteiger partial charge in [0.15, 0.2) is 0 Å². The van der Waals surface area contributed by atoms with Gasteiger partial charge in [-0.1, -0.05) is 103 Å². The molecule has 0 saturated heterocycles. The maximum Gasteiger partial charge on any atom is -0.00881 e. The molecule has 0 heteroatoms. The van der Waals surface area contributed by atoms with Crippen molar-refractivity contribution in [2.45, 2.75) is 152 Å². The van der Waals surface area contributed by atoms with Crippen LogP contribution in [0.25, 0.3) is 0 Å². The summed E-state index contributed by atoms with van der Waals surface area (Å²) < 4.78 is 0. The molecule has 202 valence electrons. The van der Waals surface area contributed by atoms with Crippen molar-refractivity contribution in [3.63, 3.8) is 0 Å². The highest BCUT2D eigenvalue weighted by Crippen LogP contribution is 2.67. The summed E-state index contributed by atoms with van der Waals surface area (Å²) in [4.78, 5) is 0. The lowest BCUT2D eigenvalue weighted by molar-refractivity contribution is -0.0824. The zero-order chi connectivity index (χ0) is 28.6. The van der Waals surface area contributed by atoms with E-state index in [0.717, 1.165) is 0 Å². The Labute approximate surface area is 218 Å². The Morgan fingerprint density at radius 2 is 0.559 bits per heavy atom. The van der Waals surface area contributed by atoms with E-state index >= 15 is 0 Å². The van der Waals surface area contributed by atoms with Gasteiger partial charge in [0.1, 0.15) is 0 Å². The third-order valence-electron chi connectivity index (χ3n) is 10.2. The van der Waals surface area contributed by atoms with Gasteiger partial charge in [0.2, 0.25) is 0 Å². The van der Waals surface area contributed by atoms with Gasteiger partial charge in [-0.05, 0) is 116 Å². The standard InChI is InChI=1S/C16H30.C10H18.C6H12.C2H6/c1-11-12(2)14(5,6)16(9,10)15(7,8)13(11,3)4;1-7(2)9(5)10(6)8(3)4;1-5(2)6(3)4;1-2/h1-10H3;1-6H3;1-4H3;1-2H3. The van der Waals surface area contributed by atoms with E-state index in [-0.39, 0.29) is 10.8 Å². The van der Waals surface area contributed by atoms with Crippen LogP contribution in [0.15, 0.2) is 44.6 Å². The average molecular weight is 475 g/mol. The lowest BCUT2D eigenvalue weighted by atomic mass is 9.40. The number of hydrogen-bond donors (Lipinski definition) is 0. The molecule has 0 N–H and O–H groups in total. The van der Waals surface area contributed by atoms with Gasteiger partial charge in [0.25, 0.3) is 0 Å². The number of hydrogen-bond acceptors (Lipinski definition) is 0. The second kappa shape index (κ2) is 13.9. The Morgan fingerprint density at radius 3 is 0.676 bits per heavy atom. The van der Waals surface area contributed by atoms with Crippen molar-refractivity contribution < 1.29 is 0 Å². The Bertz CT molecular complexity index is 698. The van der Waals surface area contributed by atoms with Gasteiger partial charge < -0.3 is 0 Å². The van der Waals surface area contributed by atoms with Crippen molar-refractivity contribution in [3.8, 4) is 0 Å². The van der Waals surface area contributed by atoms with Crippen molar-refractivity contribution in [3.05, 3.63) is 44.6 Å². The highest BCUT2D eigenvalue weighted by atomic mass is 14.6. The van der Waals surface area contributed by atoms with Gasteiger partial charge in [-0.15, -0.1) is 0 Å². The molecule has 0 aromatic carbocycles. The van der Waals surface area contributed by atoms with Crippen molar-refractivity contribution in [1.82, 2.24) is 0 Å². The predicted octanol–water partition coefficient (Wildman–Crippen LogP) is 12.5. The van der Waals surface area contributed by atoms with Crippen LogP contribution in [0.3, 0.4) is 0 Å². The summed E-state index contributed by atoms with van der Waals surface area (Å²) in [5.74, 6) is 0. The van der Waals surface area contributed by atoms with Crippen molar-refractivity contribution in [1.29, 1.82) is 0 Å². The lowest BCUT2D eigenvalue weighted by Crippen LogP contribution is -2.56. The van der Waals surface area contributed by atoms with E-state index in [0.29, 0.717) is 10.8 Å². The second-order valence-corrected chi connectivity index (χ2v) is 13.0. The van der Waals surface area contributed by atoms with E-state index in [1.165, 1.54) is 33.4 Å². The second-order valence-electron chi connectivity index (χ2n) is 13.0. The van der Waals surface area contributed by atoms with Gasteiger partial charge in [0.05, 0.1) is 0 Å². The van der Waals surface area contributed by atoms with Crippen LogP contribution in [0, 0.1) is 21.7 Å². The Hall–Kier alpha value is -1.04. The smallest absolute Gasteiger partial charge is 0.00881 e. The summed E-state index contributed by atoms with van der Waals surface area (Å²) in [7, 11) is 0. The molecule has 0 amide bonds. The monoisotopic (exact) mass is 475 g/mol. The van der Waals surface area contributed by atoms with E-state index in [9.17, 15) is 0 Å². The number of rotatable bonds is 1. The Kier molecular flexibility index (Phi) is 15.3. The molecule has 0 saturated carbocycles. The van der Waals surface area contributed by atoms with Crippen molar-refractivity contribution in [2.75, 3.05) is 0 Å². The first-order chi connectivity index (χ1) is 14.9. The molecule has 0 aromatic rings. The van der Waals surface area contributed by atoms with E-state index in [1.54, 1.807) is 11.1 Å². The zero-order valence-electron chi connectivity index (χ0n) is 28.0. The van der Waals surface area contributed by atoms with Crippen molar-refractivity contribution in [2.24, 2.45) is 21.7 Å². The van der Waals surface area contributed by atoms with Crippen LogP contribution in [-0.2, 0) is 0 Å². The first kappa shape index (κ1) is 37.5. The molecule has 0 heterocycles. The minimum Gasteiger partial charge on any atom is -0.0778 e. The van der Waals surface area contributed by atoms with E-state index in [1.807, 2.05) is 13.8 Å². The summed E-state index contributed by atoms with van der Waals surface area (Å²) in [6.07, 6.45) is 0. The van der Waals surface area contributed by atoms with Crippen LogP contribution in [0.4, 0.5) is 0 Å². The quantitative estimate of drug-likeness (QED) is 0.262. The maximum absolute atomic E-state index is 2.44. The molecule has 1 aliphatic rings. The summed E-state index contributed by atoms with van der Waals surface area (Å²) >= 11 is 0. The fourth-order valence-electron chi connectivity index (χ4n) is 4.19. The topological polar surface area (TPSA) is 0 Å². The molecule has 34 heavy (non-hydrogen) atoms. The summed E-state index contributed by atoms with van der Waals surface area (Å²) in [5, 5.41) is 0. The minimum atomic E-state index is 0.274. The minimum absolute atomic E-state index is 0.274. The molecular formula is C34H66. The highest BCUT2D eigenvalue weighted by Gasteiger charge is 2.59. The van der Waals surface area contributed by atoms with E-state index in [4.69, 9.17) is 0 Å². The van der Waals surface area contributed by atoms with Crippen LogP contribution in [0.2, 0.25) is 0 Å². The van der Waals surface area contributed by atoms with Crippen LogP contribution in [0.1, 0.15) is 152 Å².